The number of ether oxygens (including phenoxy) is 1. The smallest absolute Gasteiger partial charge is 0.319 e. The minimum atomic E-state index is -0.392. The van der Waals surface area contributed by atoms with Crippen molar-refractivity contribution in [3.05, 3.63) is 23.2 Å². The predicted octanol–water partition coefficient (Wildman–Crippen LogP) is 2.24. The third kappa shape index (κ3) is 4.43. The molecule has 0 aliphatic rings. The van der Waals surface area contributed by atoms with Gasteiger partial charge in [-0.1, -0.05) is 11.6 Å². The molecule has 1 aromatic rings. The van der Waals surface area contributed by atoms with Crippen molar-refractivity contribution in [2.75, 3.05) is 18.5 Å². The van der Waals surface area contributed by atoms with Crippen LogP contribution in [0.15, 0.2) is 18.2 Å². The highest BCUT2D eigenvalue weighted by atomic mass is 35.5. The van der Waals surface area contributed by atoms with Gasteiger partial charge in [0.05, 0.1) is 24.3 Å². The zero-order chi connectivity index (χ0) is 13.5. The third-order valence-corrected chi connectivity index (χ3v) is 2.44. The second-order valence-corrected chi connectivity index (χ2v) is 4.17. The van der Waals surface area contributed by atoms with Gasteiger partial charge >= 0.3 is 6.03 Å². The first-order valence-electron chi connectivity index (χ1n) is 5.67. The summed E-state index contributed by atoms with van der Waals surface area (Å²) in [6.07, 6.45) is 0. The van der Waals surface area contributed by atoms with Crippen molar-refractivity contribution >= 4 is 23.3 Å². The van der Waals surface area contributed by atoms with Crippen LogP contribution in [0.25, 0.3) is 0 Å². The van der Waals surface area contributed by atoms with Crippen molar-refractivity contribution in [1.29, 1.82) is 0 Å². The van der Waals surface area contributed by atoms with Crippen LogP contribution in [-0.4, -0.2) is 30.4 Å². The molecule has 0 radical (unpaired) electrons. The maximum absolute atomic E-state index is 11.5. The van der Waals surface area contributed by atoms with E-state index in [0.717, 1.165) is 0 Å². The molecule has 3 N–H and O–H groups in total. The van der Waals surface area contributed by atoms with E-state index in [2.05, 4.69) is 10.6 Å². The Labute approximate surface area is 111 Å². The molecule has 18 heavy (non-hydrogen) atoms. The molecule has 1 rings (SSSR count). The Kier molecular flexibility index (Phi) is 5.74. The van der Waals surface area contributed by atoms with Gasteiger partial charge in [0.15, 0.2) is 0 Å². The molecule has 1 atom stereocenters. The van der Waals surface area contributed by atoms with Gasteiger partial charge in [-0.25, -0.2) is 4.79 Å². The van der Waals surface area contributed by atoms with E-state index in [1.165, 1.54) is 0 Å². The second-order valence-electron chi connectivity index (χ2n) is 3.76. The van der Waals surface area contributed by atoms with Crippen LogP contribution in [0.5, 0.6) is 5.75 Å². The molecule has 6 heteroatoms. The van der Waals surface area contributed by atoms with Gasteiger partial charge in [0.1, 0.15) is 5.75 Å². The lowest BCUT2D eigenvalue weighted by molar-refractivity contribution is 0.229. The summed E-state index contributed by atoms with van der Waals surface area (Å²) in [5.41, 5.74) is 0.561. The topological polar surface area (TPSA) is 70.6 Å². The lowest BCUT2D eigenvalue weighted by atomic mass is 10.3. The Morgan fingerprint density at radius 3 is 2.83 bits per heavy atom. The molecule has 0 aliphatic carbocycles. The van der Waals surface area contributed by atoms with E-state index in [0.29, 0.717) is 23.1 Å². The van der Waals surface area contributed by atoms with Gasteiger partial charge in [0.25, 0.3) is 0 Å². The van der Waals surface area contributed by atoms with E-state index in [4.69, 9.17) is 21.4 Å². The van der Waals surface area contributed by atoms with Gasteiger partial charge in [-0.15, -0.1) is 0 Å². The minimum absolute atomic E-state index is 0.114. The quantitative estimate of drug-likeness (QED) is 0.770. The molecule has 0 heterocycles. The van der Waals surface area contributed by atoms with Crippen molar-refractivity contribution in [2.45, 2.75) is 19.9 Å². The SMILES string of the molecule is CCOc1ccc(NC(=O)NC(C)CO)cc1Cl. The molecular weight excluding hydrogens is 256 g/mol. The van der Waals surface area contributed by atoms with Gasteiger partial charge < -0.3 is 20.5 Å². The number of rotatable bonds is 5. The fourth-order valence-electron chi connectivity index (χ4n) is 1.29. The summed E-state index contributed by atoms with van der Waals surface area (Å²) in [6, 6.07) is 4.30. The van der Waals surface area contributed by atoms with Crippen LogP contribution in [0.2, 0.25) is 5.02 Å². The first-order valence-corrected chi connectivity index (χ1v) is 6.05. The largest absolute Gasteiger partial charge is 0.492 e. The number of urea groups is 1. The molecule has 0 saturated heterocycles. The summed E-state index contributed by atoms with van der Waals surface area (Å²) in [6.45, 7) is 3.98. The zero-order valence-electron chi connectivity index (χ0n) is 10.4. The van der Waals surface area contributed by atoms with Crippen LogP contribution in [0.3, 0.4) is 0 Å². The van der Waals surface area contributed by atoms with E-state index in [1.807, 2.05) is 6.92 Å². The molecule has 0 fully saturated rings. The minimum Gasteiger partial charge on any atom is -0.492 e. The summed E-state index contributed by atoms with van der Waals surface area (Å²) >= 11 is 5.99. The van der Waals surface area contributed by atoms with E-state index < -0.39 is 6.03 Å². The van der Waals surface area contributed by atoms with Crippen LogP contribution in [0.4, 0.5) is 10.5 Å². The number of amides is 2. The number of carbonyl (C=O) groups is 1. The Bertz CT molecular complexity index is 412. The molecule has 100 valence electrons. The van der Waals surface area contributed by atoms with Crippen molar-refractivity contribution < 1.29 is 14.6 Å². The Hall–Kier alpha value is -1.46. The lowest BCUT2D eigenvalue weighted by Crippen LogP contribution is -2.38. The Morgan fingerprint density at radius 1 is 1.56 bits per heavy atom. The number of hydrogen-bond donors (Lipinski definition) is 3. The van der Waals surface area contributed by atoms with Gasteiger partial charge in [0.2, 0.25) is 0 Å². The van der Waals surface area contributed by atoms with Crippen LogP contribution in [0, 0.1) is 0 Å². The van der Waals surface area contributed by atoms with Crippen LogP contribution < -0.4 is 15.4 Å². The van der Waals surface area contributed by atoms with Crippen molar-refractivity contribution in [3.63, 3.8) is 0 Å². The molecular formula is C12H17ClN2O3. The number of nitrogens with one attached hydrogen (secondary N) is 2. The molecule has 1 unspecified atom stereocenters. The van der Waals surface area contributed by atoms with Crippen LogP contribution in [0.1, 0.15) is 13.8 Å². The number of hydrogen-bond acceptors (Lipinski definition) is 3. The number of benzene rings is 1. The highest BCUT2D eigenvalue weighted by molar-refractivity contribution is 6.32. The van der Waals surface area contributed by atoms with Crippen LogP contribution >= 0.6 is 11.6 Å². The molecule has 0 saturated carbocycles. The summed E-state index contributed by atoms with van der Waals surface area (Å²) in [5, 5.41) is 14.4. The average Bonchev–Trinajstić information content (AvgIpc) is 2.32. The molecule has 2 amide bonds. The number of anilines is 1. The highest BCUT2D eigenvalue weighted by Crippen LogP contribution is 2.27. The summed E-state index contributed by atoms with van der Waals surface area (Å²) in [4.78, 5) is 11.5. The van der Waals surface area contributed by atoms with E-state index in [1.54, 1.807) is 25.1 Å². The standard InChI is InChI=1S/C12H17ClN2O3/c1-3-18-11-5-4-9(6-10(11)13)15-12(17)14-8(2)7-16/h4-6,8,16H,3,7H2,1-2H3,(H2,14,15,17). The maximum atomic E-state index is 11.5. The fraction of sp³-hybridized carbons (Fsp3) is 0.417. The first kappa shape index (κ1) is 14.6. The van der Waals surface area contributed by atoms with E-state index in [-0.39, 0.29) is 12.6 Å². The number of aliphatic hydroxyl groups excluding tert-OH is 1. The van der Waals surface area contributed by atoms with E-state index in [9.17, 15) is 4.79 Å². The van der Waals surface area contributed by atoms with Gasteiger partial charge in [-0.3, -0.25) is 0 Å². The lowest BCUT2D eigenvalue weighted by Gasteiger charge is -2.13. The van der Waals surface area contributed by atoms with Gasteiger partial charge in [-0.05, 0) is 32.0 Å². The summed E-state index contributed by atoms with van der Waals surface area (Å²) < 4.78 is 5.29. The van der Waals surface area contributed by atoms with Crippen LogP contribution in [-0.2, 0) is 0 Å². The Morgan fingerprint density at radius 2 is 2.28 bits per heavy atom. The molecule has 1 aromatic carbocycles. The number of carbonyl (C=O) groups excluding carboxylic acids is 1. The molecule has 0 bridgehead atoms. The maximum Gasteiger partial charge on any atom is 0.319 e. The van der Waals surface area contributed by atoms with Crippen molar-refractivity contribution in [2.24, 2.45) is 0 Å². The Balaban J connectivity index is 2.63. The van der Waals surface area contributed by atoms with E-state index >= 15 is 0 Å². The van der Waals surface area contributed by atoms with Crippen molar-refractivity contribution in [3.8, 4) is 5.75 Å². The zero-order valence-corrected chi connectivity index (χ0v) is 11.1. The van der Waals surface area contributed by atoms with Gasteiger partial charge in [-0.2, -0.15) is 0 Å². The third-order valence-electron chi connectivity index (χ3n) is 2.14. The average molecular weight is 273 g/mol. The highest BCUT2D eigenvalue weighted by Gasteiger charge is 2.08. The molecule has 0 spiro atoms. The molecule has 0 aromatic heterocycles. The molecule has 0 aliphatic heterocycles. The monoisotopic (exact) mass is 272 g/mol. The normalized spacial score (nSPS) is 11.8. The van der Waals surface area contributed by atoms with Gasteiger partial charge in [0, 0.05) is 5.69 Å². The molecule has 5 nitrogen and oxygen atoms in total. The number of halogens is 1. The second kappa shape index (κ2) is 7.08. The predicted molar refractivity (Wildman–Crippen MR) is 71.3 cm³/mol. The van der Waals surface area contributed by atoms with Crippen molar-refractivity contribution in [1.82, 2.24) is 5.32 Å². The summed E-state index contributed by atoms with van der Waals surface area (Å²) in [7, 11) is 0. The first-order chi connectivity index (χ1) is 8.56. The number of aliphatic hydroxyl groups is 1. The summed E-state index contributed by atoms with van der Waals surface area (Å²) in [5.74, 6) is 0.578. The fourth-order valence-corrected chi connectivity index (χ4v) is 1.52.